The zero-order valence-corrected chi connectivity index (χ0v) is 29.5. The summed E-state index contributed by atoms with van der Waals surface area (Å²) in [6.07, 6.45) is 10.5. The van der Waals surface area contributed by atoms with Crippen LogP contribution in [0.2, 0.25) is 0 Å². The van der Waals surface area contributed by atoms with Gasteiger partial charge in [0.1, 0.15) is 6.33 Å². The Morgan fingerprint density at radius 2 is 1.85 bits per heavy atom. The average molecular weight is 647 g/mol. The van der Waals surface area contributed by atoms with Crippen molar-refractivity contribution >= 4 is 5.97 Å². The first-order valence-electron chi connectivity index (χ1n) is 17.8. The van der Waals surface area contributed by atoms with E-state index in [1.807, 2.05) is 16.8 Å². The summed E-state index contributed by atoms with van der Waals surface area (Å²) in [5, 5.41) is 28.0. The number of aliphatic hydroxyl groups excluding tert-OH is 1. The SMILES string of the molecule is COc1cc(-c2ncnn2[C@@H]2C[C@@]34COCC(C)([C@H]2O)[C@@H]3CC[C@H]2C4=CC[C@@]3(C)[C@H](C(=O)O)[C@@](C)([C@H](C)C(C)C)CC[C@]23C)ccn1. The van der Waals surface area contributed by atoms with Gasteiger partial charge in [0, 0.05) is 28.7 Å². The number of methoxy groups -OCH3 is 1. The van der Waals surface area contributed by atoms with Crippen LogP contribution in [0.15, 0.2) is 36.3 Å². The molecule has 3 heterocycles. The molecule has 2 aromatic heterocycles. The number of aliphatic hydroxyl groups is 1. The number of nitrogens with zero attached hydrogens (tertiary/aromatic N) is 4. The third-order valence-electron chi connectivity index (χ3n) is 15.2. The van der Waals surface area contributed by atoms with E-state index in [1.165, 1.54) is 5.57 Å². The van der Waals surface area contributed by atoms with E-state index in [-0.39, 0.29) is 39.5 Å². The van der Waals surface area contributed by atoms with Crippen LogP contribution < -0.4 is 4.74 Å². The fourth-order valence-corrected chi connectivity index (χ4v) is 12.2. The number of carbonyl (C=O) groups is 1. The quantitative estimate of drug-likeness (QED) is 0.328. The molecule has 1 saturated heterocycles. The fourth-order valence-electron chi connectivity index (χ4n) is 12.2. The topological polar surface area (TPSA) is 120 Å². The molecule has 0 amide bonds. The highest BCUT2D eigenvalue weighted by Crippen LogP contribution is 2.75. The molecule has 0 aromatic carbocycles. The predicted molar refractivity (Wildman–Crippen MR) is 178 cm³/mol. The Hall–Kier alpha value is -2.78. The molecule has 2 bridgehead atoms. The van der Waals surface area contributed by atoms with E-state index >= 15 is 0 Å². The van der Waals surface area contributed by atoms with Crippen LogP contribution in [0.5, 0.6) is 5.88 Å². The van der Waals surface area contributed by atoms with Crippen molar-refractivity contribution in [3.8, 4) is 17.3 Å². The lowest BCUT2D eigenvalue weighted by molar-refractivity contribution is -0.240. The first-order valence-corrected chi connectivity index (χ1v) is 17.8. The second kappa shape index (κ2) is 10.9. The van der Waals surface area contributed by atoms with Crippen LogP contribution in [0, 0.1) is 56.7 Å². The van der Waals surface area contributed by atoms with E-state index < -0.39 is 23.4 Å². The minimum atomic E-state index is -0.670. The minimum Gasteiger partial charge on any atom is -0.481 e. The van der Waals surface area contributed by atoms with Crippen molar-refractivity contribution in [1.82, 2.24) is 19.7 Å². The van der Waals surface area contributed by atoms with E-state index in [1.54, 1.807) is 19.6 Å². The van der Waals surface area contributed by atoms with Gasteiger partial charge in [-0.2, -0.15) is 5.10 Å². The number of pyridine rings is 1. The Morgan fingerprint density at radius 3 is 2.55 bits per heavy atom. The maximum atomic E-state index is 13.4. The molecule has 4 fully saturated rings. The first kappa shape index (κ1) is 32.8. The molecule has 0 radical (unpaired) electrons. The number of hydrogen-bond acceptors (Lipinski definition) is 7. The highest BCUT2D eigenvalue weighted by Gasteiger charge is 2.71. The van der Waals surface area contributed by atoms with E-state index in [0.717, 1.165) is 37.7 Å². The molecular formula is C38H54N4O5. The lowest BCUT2D eigenvalue weighted by Gasteiger charge is -2.71. The highest BCUT2D eigenvalue weighted by atomic mass is 16.5. The number of rotatable bonds is 6. The van der Waals surface area contributed by atoms with Gasteiger partial charge in [-0.1, -0.05) is 60.1 Å². The standard InChI is InChI=1S/C38H54N4O5/c1-22(2)23(3)34(4)14-15-36(6)25-9-10-28-35(5)19-47-20-38(28,26(25)11-13-37(36,7)30(34)33(44)45)18-27(31(35)43)42-32(40-21-41-42)24-12-16-39-29(17-24)46-8/h11-12,16-17,21-23,25,27-28,30-31,43H,9-10,13-15,18-20H2,1-8H3,(H,44,45)/t23-,25+,27-,28+,30-,31+,34-,35?,36-,37+,38+/m1/s1. The number of carboxylic acid groups (broad SMARTS) is 1. The third-order valence-corrected chi connectivity index (χ3v) is 15.2. The molecule has 3 saturated carbocycles. The van der Waals surface area contributed by atoms with Crippen molar-refractivity contribution in [3.63, 3.8) is 0 Å². The largest absolute Gasteiger partial charge is 0.481 e. The summed E-state index contributed by atoms with van der Waals surface area (Å²) >= 11 is 0. The first-order chi connectivity index (χ1) is 22.2. The van der Waals surface area contributed by atoms with Crippen molar-refractivity contribution in [1.29, 1.82) is 0 Å². The molecule has 4 aliphatic carbocycles. The summed E-state index contributed by atoms with van der Waals surface area (Å²) in [6, 6.07) is 3.47. The number of ether oxygens (including phenoxy) is 2. The summed E-state index contributed by atoms with van der Waals surface area (Å²) in [7, 11) is 1.60. The summed E-state index contributed by atoms with van der Waals surface area (Å²) < 4.78 is 13.8. The van der Waals surface area contributed by atoms with Gasteiger partial charge in [0.15, 0.2) is 5.82 Å². The fraction of sp³-hybridized carbons (Fsp3) is 0.737. The van der Waals surface area contributed by atoms with Crippen LogP contribution in [0.25, 0.3) is 11.4 Å². The van der Waals surface area contributed by atoms with Crippen LogP contribution in [0.4, 0.5) is 0 Å². The van der Waals surface area contributed by atoms with Gasteiger partial charge < -0.3 is 19.7 Å². The van der Waals surface area contributed by atoms with Crippen LogP contribution in [0.1, 0.15) is 93.0 Å². The van der Waals surface area contributed by atoms with Crippen molar-refractivity contribution in [2.45, 2.75) is 99.1 Å². The van der Waals surface area contributed by atoms with Crippen LogP contribution in [0.3, 0.4) is 0 Å². The van der Waals surface area contributed by atoms with Gasteiger partial charge in [0.05, 0.1) is 38.4 Å². The number of hydrogen-bond donors (Lipinski definition) is 2. The molecule has 2 aromatic rings. The van der Waals surface area contributed by atoms with Gasteiger partial charge in [0.25, 0.3) is 0 Å². The molecule has 2 N–H and O–H groups in total. The van der Waals surface area contributed by atoms with Crippen molar-refractivity contribution in [3.05, 3.63) is 36.3 Å². The van der Waals surface area contributed by atoms with Crippen LogP contribution in [-0.4, -0.2) is 62.4 Å². The number of aliphatic carboxylic acids is 1. The Bertz CT molecular complexity index is 1590. The zero-order valence-electron chi connectivity index (χ0n) is 29.5. The number of aromatic nitrogens is 4. The minimum absolute atomic E-state index is 0.165. The normalized spacial score (nSPS) is 43.3. The molecular weight excluding hydrogens is 592 g/mol. The van der Waals surface area contributed by atoms with Gasteiger partial charge in [-0.15, -0.1) is 0 Å². The molecule has 9 nitrogen and oxygen atoms in total. The average Bonchev–Trinajstić information content (AvgIpc) is 3.53. The molecule has 1 unspecified atom stereocenters. The smallest absolute Gasteiger partial charge is 0.307 e. The van der Waals surface area contributed by atoms with Crippen molar-refractivity contribution in [2.75, 3.05) is 20.3 Å². The number of carboxylic acids is 1. The summed E-state index contributed by atoms with van der Waals surface area (Å²) in [6.45, 7) is 17.1. The molecule has 11 atom stereocenters. The van der Waals surface area contributed by atoms with Crippen molar-refractivity contribution in [2.24, 2.45) is 56.7 Å². The second-order valence-corrected chi connectivity index (χ2v) is 17.2. The van der Waals surface area contributed by atoms with Gasteiger partial charge >= 0.3 is 5.97 Å². The monoisotopic (exact) mass is 646 g/mol. The number of fused-ring (bicyclic) bond motifs is 3. The maximum absolute atomic E-state index is 13.4. The maximum Gasteiger partial charge on any atom is 0.307 e. The predicted octanol–water partition coefficient (Wildman–Crippen LogP) is 6.84. The Morgan fingerprint density at radius 1 is 1.09 bits per heavy atom. The molecule has 5 aliphatic rings. The van der Waals surface area contributed by atoms with Crippen LogP contribution in [-0.2, 0) is 9.53 Å². The highest BCUT2D eigenvalue weighted by molar-refractivity contribution is 5.73. The van der Waals surface area contributed by atoms with E-state index in [9.17, 15) is 15.0 Å². The lowest BCUT2D eigenvalue weighted by atomic mass is 9.34. The van der Waals surface area contributed by atoms with Gasteiger partial charge in [-0.3, -0.25) is 4.79 Å². The van der Waals surface area contributed by atoms with Gasteiger partial charge in [-0.05, 0) is 84.5 Å². The third kappa shape index (κ3) is 4.26. The second-order valence-electron chi connectivity index (χ2n) is 17.2. The van der Waals surface area contributed by atoms with Gasteiger partial charge in [-0.25, -0.2) is 14.6 Å². The molecule has 7 rings (SSSR count). The molecule has 0 spiro atoms. The van der Waals surface area contributed by atoms with E-state index in [4.69, 9.17) is 14.6 Å². The van der Waals surface area contributed by atoms with Crippen LogP contribution >= 0.6 is 0 Å². The van der Waals surface area contributed by atoms with Crippen molar-refractivity contribution < 1.29 is 24.5 Å². The summed E-state index contributed by atoms with van der Waals surface area (Å²) in [4.78, 5) is 22.3. The summed E-state index contributed by atoms with van der Waals surface area (Å²) in [5.41, 5.74) is 0.743. The zero-order chi connectivity index (χ0) is 33.7. The lowest BCUT2D eigenvalue weighted by Crippen LogP contribution is -2.68. The molecule has 1 aliphatic heterocycles. The molecule has 47 heavy (non-hydrogen) atoms. The Balaban J connectivity index is 1.33. The Kier molecular flexibility index (Phi) is 7.57. The van der Waals surface area contributed by atoms with Gasteiger partial charge in [0.2, 0.25) is 5.88 Å². The molecule has 9 heteroatoms. The van der Waals surface area contributed by atoms with E-state index in [0.29, 0.717) is 43.2 Å². The Labute approximate surface area is 279 Å². The number of allylic oxidation sites excluding steroid dienone is 1. The summed E-state index contributed by atoms with van der Waals surface area (Å²) in [5.74, 6) is 1.37. The van der Waals surface area contributed by atoms with E-state index in [2.05, 4.69) is 64.5 Å². The molecule has 256 valence electrons.